The summed E-state index contributed by atoms with van der Waals surface area (Å²) in [6, 6.07) is 4.16. The van der Waals surface area contributed by atoms with E-state index in [1.807, 2.05) is 90.1 Å². The molecule has 0 aliphatic carbocycles. The van der Waals surface area contributed by atoms with E-state index >= 15 is 0 Å². The third kappa shape index (κ3) is 15.5. The van der Waals surface area contributed by atoms with Crippen LogP contribution < -0.4 is 0 Å². The number of rotatable bonds is 0. The van der Waals surface area contributed by atoms with Gasteiger partial charge in [0.2, 0.25) is 0 Å². The van der Waals surface area contributed by atoms with Crippen LogP contribution in [0, 0.1) is 27.7 Å². The Morgan fingerprint density at radius 2 is 1.06 bits per heavy atom. The van der Waals surface area contributed by atoms with Crippen LogP contribution in [-0.2, 0) is 55.4 Å². The van der Waals surface area contributed by atoms with E-state index in [4.69, 9.17) is 0 Å². The Labute approximate surface area is 323 Å². The van der Waals surface area contributed by atoms with E-state index in [0.717, 1.165) is 17.1 Å². The Bertz CT molecular complexity index is 1700. The van der Waals surface area contributed by atoms with Gasteiger partial charge in [-0.3, -0.25) is 23.4 Å². The molecule has 0 fully saturated rings. The van der Waals surface area contributed by atoms with Crippen molar-refractivity contribution in [1.29, 1.82) is 0 Å². The van der Waals surface area contributed by atoms with E-state index in [2.05, 4.69) is 162 Å². The Balaban J connectivity index is 0.000000331. The number of hydrogen-bond acceptors (Lipinski definition) is 5. The van der Waals surface area contributed by atoms with Crippen molar-refractivity contribution in [2.45, 2.75) is 159 Å². The van der Waals surface area contributed by atoms with Crippen molar-refractivity contribution >= 4 is 0 Å². The molecule has 53 heavy (non-hydrogen) atoms. The number of aryl methyl sites for hydroxylation is 7. The molecule has 5 aromatic heterocycles. The van der Waals surface area contributed by atoms with Gasteiger partial charge in [0.25, 0.3) is 0 Å². The highest BCUT2D eigenvalue weighted by Gasteiger charge is 2.20. The van der Waals surface area contributed by atoms with E-state index in [0.29, 0.717) is 0 Å². The predicted molar refractivity (Wildman–Crippen MR) is 224 cm³/mol. The quantitative estimate of drug-likeness (QED) is 0.158. The summed E-state index contributed by atoms with van der Waals surface area (Å²) in [5.74, 6) is 0. The van der Waals surface area contributed by atoms with Crippen LogP contribution in [0.25, 0.3) is 0 Å². The van der Waals surface area contributed by atoms with Gasteiger partial charge in [0.05, 0.1) is 35.0 Å². The first kappa shape index (κ1) is 47.1. The lowest BCUT2D eigenvalue weighted by Crippen LogP contribution is -2.22. The Kier molecular flexibility index (Phi) is 15.9. The number of hydrogen-bond donors (Lipinski definition) is 0. The van der Waals surface area contributed by atoms with Gasteiger partial charge in [0, 0.05) is 63.6 Å². The van der Waals surface area contributed by atoms with Gasteiger partial charge in [-0.05, 0) is 93.5 Å². The molecule has 0 bridgehead atoms. The molecule has 5 aromatic rings. The number of aromatic nitrogens is 10. The normalized spacial score (nSPS) is 12.1. The van der Waals surface area contributed by atoms with E-state index < -0.39 is 0 Å². The predicted octanol–water partition coefficient (Wildman–Crippen LogP) is 9.74. The maximum atomic E-state index is 4.30. The standard InChI is InChI=1S/3C9H16N2.2C8H14N2/c1-7-8(9(2,3)4)6-11(5)10-7;1-7-8(9(2,3)4)6-10-11(7)5;1-7-6-8(9(2,3)4)11(5)10-7;1-8(2,3)7-5-9-10(4)6-7;1-7-5-6-10(9-7)8(2,3)4/h3*6H,1-5H3;2*5-6H,1-4H3. The molecule has 5 rings (SSSR count). The van der Waals surface area contributed by atoms with Crippen molar-refractivity contribution < 1.29 is 0 Å². The summed E-state index contributed by atoms with van der Waals surface area (Å²) in [5, 5.41) is 21.2. The molecule has 0 unspecified atom stereocenters. The first-order valence-electron chi connectivity index (χ1n) is 18.8. The van der Waals surface area contributed by atoms with Gasteiger partial charge in [-0.25, -0.2) is 0 Å². The topological polar surface area (TPSA) is 89.1 Å². The smallest absolute Gasteiger partial charge is 0.0630 e. The first-order valence-corrected chi connectivity index (χ1v) is 18.8. The van der Waals surface area contributed by atoms with Crippen LogP contribution in [0.1, 0.15) is 149 Å². The largest absolute Gasteiger partial charge is 0.276 e. The molecule has 0 radical (unpaired) electrons. The van der Waals surface area contributed by atoms with Crippen molar-refractivity contribution in [3.63, 3.8) is 0 Å². The molecule has 0 aromatic carbocycles. The Hall–Kier alpha value is -3.95. The van der Waals surface area contributed by atoms with Crippen molar-refractivity contribution in [1.82, 2.24) is 48.9 Å². The molecule has 10 heteroatoms. The van der Waals surface area contributed by atoms with Crippen LogP contribution in [-0.4, -0.2) is 48.9 Å². The van der Waals surface area contributed by atoms with Crippen LogP contribution in [0.3, 0.4) is 0 Å². The third-order valence-corrected chi connectivity index (χ3v) is 8.62. The molecule has 0 amide bonds. The summed E-state index contributed by atoms with van der Waals surface area (Å²) in [4.78, 5) is 0. The van der Waals surface area contributed by atoms with Gasteiger partial charge in [-0.15, -0.1) is 0 Å². The Morgan fingerprint density at radius 3 is 1.25 bits per heavy atom. The highest BCUT2D eigenvalue weighted by Crippen LogP contribution is 2.25. The zero-order chi connectivity index (χ0) is 41.5. The monoisotopic (exact) mass is 733 g/mol. The minimum Gasteiger partial charge on any atom is -0.276 e. The Morgan fingerprint density at radius 1 is 0.509 bits per heavy atom. The van der Waals surface area contributed by atoms with Crippen molar-refractivity contribution in [3.05, 3.63) is 88.3 Å². The summed E-state index contributed by atoms with van der Waals surface area (Å²) >= 11 is 0. The summed E-state index contributed by atoms with van der Waals surface area (Å²) in [7, 11) is 7.87. The van der Waals surface area contributed by atoms with Crippen molar-refractivity contribution in [2.24, 2.45) is 28.2 Å². The van der Waals surface area contributed by atoms with E-state index in [1.54, 1.807) is 0 Å². The molecule has 0 N–H and O–H groups in total. The SMILES string of the molecule is Cc1c(C(C)(C)C)cnn1C.Cc1cc(C(C)(C)C)n(C)n1.Cc1ccn(C(C)(C)C)n1.Cc1nn(C)cc1C(C)(C)C.Cn1cc(C(C)(C)C)cn1. The molecule has 10 nitrogen and oxygen atoms in total. The second-order valence-electron chi connectivity index (χ2n) is 19.3. The minimum absolute atomic E-state index is 0.119. The molecular weight excluding hydrogens is 657 g/mol. The summed E-state index contributed by atoms with van der Waals surface area (Å²) in [6.07, 6.45) is 10.0. The summed E-state index contributed by atoms with van der Waals surface area (Å²) in [5.41, 5.74) is 10.8. The first-order chi connectivity index (χ1) is 23.7. The molecule has 298 valence electrons. The zero-order valence-corrected chi connectivity index (χ0v) is 38.0. The second kappa shape index (κ2) is 17.9. The van der Waals surface area contributed by atoms with Crippen LogP contribution in [0.2, 0.25) is 0 Å². The average Bonchev–Trinajstić information content (AvgIpc) is 3.79. The molecular formula is C43H76N10. The fourth-order valence-corrected chi connectivity index (χ4v) is 5.48. The molecule has 5 heterocycles. The highest BCUT2D eigenvalue weighted by atomic mass is 15.3. The zero-order valence-electron chi connectivity index (χ0n) is 38.0. The van der Waals surface area contributed by atoms with Crippen LogP contribution in [0.5, 0.6) is 0 Å². The third-order valence-electron chi connectivity index (χ3n) is 8.62. The van der Waals surface area contributed by atoms with Gasteiger partial charge < -0.3 is 0 Å². The fraction of sp³-hybridized carbons (Fsp3) is 0.651. The second-order valence-corrected chi connectivity index (χ2v) is 19.3. The van der Waals surface area contributed by atoms with E-state index in [1.165, 1.54) is 28.1 Å². The number of nitrogens with zero attached hydrogens (tertiary/aromatic N) is 10. The van der Waals surface area contributed by atoms with Gasteiger partial charge in [-0.2, -0.15) is 25.5 Å². The minimum atomic E-state index is 0.119. The maximum absolute atomic E-state index is 4.30. The summed E-state index contributed by atoms with van der Waals surface area (Å²) < 4.78 is 9.55. The molecule has 0 atom stereocenters. The lowest BCUT2D eigenvalue weighted by atomic mass is 9.88. The van der Waals surface area contributed by atoms with Crippen molar-refractivity contribution in [3.8, 4) is 0 Å². The van der Waals surface area contributed by atoms with Crippen molar-refractivity contribution in [2.75, 3.05) is 0 Å². The van der Waals surface area contributed by atoms with Crippen LogP contribution >= 0.6 is 0 Å². The molecule has 0 saturated carbocycles. The van der Waals surface area contributed by atoms with Gasteiger partial charge in [0.1, 0.15) is 0 Å². The maximum Gasteiger partial charge on any atom is 0.0630 e. The van der Waals surface area contributed by atoms with Gasteiger partial charge in [-0.1, -0.05) is 83.1 Å². The highest BCUT2D eigenvalue weighted by molar-refractivity contribution is 5.24. The van der Waals surface area contributed by atoms with Crippen LogP contribution in [0.4, 0.5) is 0 Å². The van der Waals surface area contributed by atoms with Gasteiger partial charge in [0.15, 0.2) is 0 Å². The molecule has 0 saturated heterocycles. The lowest BCUT2D eigenvalue weighted by molar-refractivity contribution is 0.354. The molecule has 0 spiro atoms. The average molecular weight is 733 g/mol. The van der Waals surface area contributed by atoms with E-state index in [-0.39, 0.29) is 27.2 Å². The van der Waals surface area contributed by atoms with Gasteiger partial charge >= 0.3 is 0 Å². The molecule has 0 aliphatic rings. The van der Waals surface area contributed by atoms with Crippen LogP contribution in [0.15, 0.2) is 43.1 Å². The fourth-order valence-electron chi connectivity index (χ4n) is 5.48. The molecule has 0 aliphatic heterocycles. The lowest BCUT2D eigenvalue weighted by Gasteiger charge is -2.18. The summed E-state index contributed by atoms with van der Waals surface area (Å²) in [6.45, 7) is 41.0. The van der Waals surface area contributed by atoms with E-state index in [9.17, 15) is 0 Å².